The van der Waals surface area contributed by atoms with E-state index < -0.39 is 10.8 Å². The van der Waals surface area contributed by atoms with Gasteiger partial charge in [-0.2, -0.15) is 4.99 Å². The third-order valence-electron chi connectivity index (χ3n) is 3.94. The zero-order valence-corrected chi connectivity index (χ0v) is 17.4. The van der Waals surface area contributed by atoms with E-state index in [-0.39, 0.29) is 5.00 Å². The summed E-state index contributed by atoms with van der Waals surface area (Å²) >= 11 is 8.65. The van der Waals surface area contributed by atoms with Crippen LogP contribution in [0.1, 0.15) is 10.4 Å². The molecule has 0 saturated carbocycles. The lowest BCUT2D eigenvalue weighted by Gasteiger charge is -2.07. The van der Waals surface area contributed by atoms with Gasteiger partial charge in [0, 0.05) is 35.7 Å². The van der Waals surface area contributed by atoms with Crippen LogP contribution in [0.3, 0.4) is 0 Å². The van der Waals surface area contributed by atoms with Crippen molar-refractivity contribution in [2.24, 2.45) is 4.99 Å². The highest BCUT2D eigenvalue weighted by Crippen LogP contribution is 2.27. The Labute approximate surface area is 173 Å². The zero-order valence-electron chi connectivity index (χ0n) is 15.0. The molecule has 1 amide bonds. The summed E-state index contributed by atoms with van der Waals surface area (Å²) in [7, 11) is 1.61. The number of rotatable bonds is 6. The molecule has 0 N–H and O–H groups in total. The van der Waals surface area contributed by atoms with Crippen molar-refractivity contribution in [3.05, 3.63) is 60.7 Å². The Kier molecular flexibility index (Phi) is 6.40. The molecule has 0 aliphatic heterocycles. The van der Waals surface area contributed by atoms with Crippen molar-refractivity contribution >= 4 is 61.5 Å². The minimum absolute atomic E-state index is 0.0262. The first-order valence-electron chi connectivity index (χ1n) is 8.19. The minimum atomic E-state index is -0.461. The molecular weight excluding hydrogens is 422 g/mol. The Morgan fingerprint density at radius 1 is 1.36 bits per heavy atom. The van der Waals surface area contributed by atoms with Crippen LogP contribution in [0.4, 0.5) is 5.00 Å². The predicted octanol–water partition coefficient (Wildman–Crippen LogP) is 4.42. The summed E-state index contributed by atoms with van der Waals surface area (Å²) in [6.45, 7) is 2.92. The highest BCUT2D eigenvalue weighted by Gasteiger charge is 2.12. The van der Waals surface area contributed by atoms with Gasteiger partial charge in [-0.25, -0.2) is 0 Å². The van der Waals surface area contributed by atoms with E-state index in [2.05, 4.69) is 4.99 Å². The minimum Gasteiger partial charge on any atom is -0.383 e. The molecule has 3 aromatic rings. The molecular formula is C18H16ClN3O4S2. The van der Waals surface area contributed by atoms with Crippen LogP contribution in [-0.2, 0) is 16.1 Å². The van der Waals surface area contributed by atoms with Crippen LogP contribution in [0.15, 0.2) is 35.3 Å². The number of aryl methyl sites for hydroxylation is 1. The molecule has 3 rings (SSSR count). The van der Waals surface area contributed by atoms with Crippen LogP contribution in [0.25, 0.3) is 16.3 Å². The summed E-state index contributed by atoms with van der Waals surface area (Å²) in [6, 6.07) is 6.73. The van der Waals surface area contributed by atoms with E-state index >= 15 is 0 Å². The predicted molar refractivity (Wildman–Crippen MR) is 112 cm³/mol. The van der Waals surface area contributed by atoms with E-state index in [1.807, 2.05) is 23.6 Å². The Morgan fingerprint density at radius 3 is 2.82 bits per heavy atom. The molecule has 0 aliphatic rings. The van der Waals surface area contributed by atoms with Crippen molar-refractivity contribution in [1.82, 2.24) is 4.57 Å². The molecule has 0 fully saturated rings. The zero-order chi connectivity index (χ0) is 20.3. The lowest BCUT2D eigenvalue weighted by Crippen LogP contribution is -2.19. The van der Waals surface area contributed by atoms with Crippen LogP contribution in [0.2, 0.25) is 5.02 Å². The number of fused-ring (bicyclic) bond motifs is 1. The third-order valence-corrected chi connectivity index (χ3v) is 6.39. The average Bonchev–Trinajstić information content (AvgIpc) is 3.26. The van der Waals surface area contributed by atoms with Crippen molar-refractivity contribution in [3.8, 4) is 0 Å². The number of nitro groups is 1. The number of thiophene rings is 1. The van der Waals surface area contributed by atoms with Gasteiger partial charge in [0.25, 0.3) is 5.91 Å². The van der Waals surface area contributed by atoms with Crippen LogP contribution in [0, 0.1) is 17.0 Å². The quantitative estimate of drug-likeness (QED) is 0.324. The van der Waals surface area contributed by atoms with Gasteiger partial charge in [0.05, 0.1) is 21.7 Å². The Hall–Kier alpha value is -2.33. The molecule has 0 atom stereocenters. The number of aromatic nitrogens is 1. The number of thiazole rings is 1. The van der Waals surface area contributed by atoms with Crippen LogP contribution >= 0.6 is 34.3 Å². The van der Waals surface area contributed by atoms with Gasteiger partial charge in [0.2, 0.25) is 0 Å². The largest absolute Gasteiger partial charge is 0.383 e. The van der Waals surface area contributed by atoms with Crippen molar-refractivity contribution in [2.45, 2.75) is 13.5 Å². The summed E-state index contributed by atoms with van der Waals surface area (Å²) < 4.78 is 8.08. The molecule has 10 heteroatoms. The fourth-order valence-corrected chi connectivity index (χ4v) is 4.60. The topological polar surface area (TPSA) is 86.7 Å². The van der Waals surface area contributed by atoms with Gasteiger partial charge in [0.15, 0.2) is 4.80 Å². The van der Waals surface area contributed by atoms with E-state index in [1.54, 1.807) is 13.2 Å². The SMILES string of the molecule is COCCn1c(=NC(=O)/C=C/c2ccc([N+](=O)[O-])s2)sc2ccc(Cl)c(C)c21. The van der Waals surface area contributed by atoms with Gasteiger partial charge in [-0.05, 0) is 36.8 Å². The molecule has 0 spiro atoms. The van der Waals surface area contributed by atoms with Crippen molar-refractivity contribution in [3.63, 3.8) is 0 Å². The molecule has 0 aliphatic carbocycles. The number of carbonyl (C=O) groups excluding carboxylic acids is 1. The highest BCUT2D eigenvalue weighted by molar-refractivity contribution is 7.16. The van der Waals surface area contributed by atoms with Crippen molar-refractivity contribution in [1.29, 1.82) is 0 Å². The first-order valence-corrected chi connectivity index (χ1v) is 10.2. The highest BCUT2D eigenvalue weighted by atomic mass is 35.5. The molecule has 146 valence electrons. The number of ether oxygens (including phenoxy) is 1. The standard InChI is InChI=1S/C18H16ClN3O4S2/c1-11-13(19)5-6-14-17(11)21(9-10-26-2)18(28-14)20-15(23)7-3-12-4-8-16(27-12)22(24)25/h3-8H,9-10H2,1-2H3/b7-3+,20-18?. The number of hydrogen-bond acceptors (Lipinski definition) is 6. The number of methoxy groups -OCH3 is 1. The first-order chi connectivity index (χ1) is 13.4. The molecule has 2 heterocycles. The van der Waals surface area contributed by atoms with E-state index in [9.17, 15) is 14.9 Å². The maximum Gasteiger partial charge on any atom is 0.324 e. The van der Waals surface area contributed by atoms with E-state index in [1.165, 1.54) is 29.6 Å². The molecule has 0 radical (unpaired) electrons. The first kappa shape index (κ1) is 20.4. The van der Waals surface area contributed by atoms with Crippen LogP contribution < -0.4 is 4.80 Å². The second-order valence-corrected chi connectivity index (χ2v) is 8.27. The fraction of sp³-hybridized carbons (Fsp3) is 0.222. The van der Waals surface area contributed by atoms with E-state index in [0.717, 1.165) is 27.1 Å². The number of hydrogen-bond donors (Lipinski definition) is 0. The average molecular weight is 438 g/mol. The van der Waals surface area contributed by atoms with E-state index in [4.69, 9.17) is 16.3 Å². The fourth-order valence-electron chi connectivity index (χ4n) is 2.61. The third kappa shape index (κ3) is 4.39. The maximum absolute atomic E-state index is 12.3. The molecule has 1 aromatic carbocycles. The second kappa shape index (κ2) is 8.78. The van der Waals surface area contributed by atoms with Gasteiger partial charge in [-0.3, -0.25) is 14.9 Å². The molecule has 0 unspecified atom stereocenters. The molecule has 0 bridgehead atoms. The number of amides is 1. The summed E-state index contributed by atoms with van der Waals surface area (Å²) in [5, 5.41) is 11.4. The van der Waals surface area contributed by atoms with Crippen LogP contribution in [-0.4, -0.2) is 29.1 Å². The second-order valence-electron chi connectivity index (χ2n) is 5.76. The summed E-state index contributed by atoms with van der Waals surface area (Å²) in [4.78, 5) is 28.0. The van der Waals surface area contributed by atoms with Crippen molar-refractivity contribution in [2.75, 3.05) is 13.7 Å². The lowest BCUT2D eigenvalue weighted by molar-refractivity contribution is -0.380. The van der Waals surface area contributed by atoms with E-state index in [0.29, 0.717) is 27.9 Å². The van der Waals surface area contributed by atoms with Gasteiger partial charge >= 0.3 is 5.00 Å². The Bertz CT molecular complexity index is 1140. The maximum atomic E-state index is 12.3. The number of halogens is 1. The molecule has 28 heavy (non-hydrogen) atoms. The molecule has 2 aromatic heterocycles. The van der Waals surface area contributed by atoms with Gasteiger partial charge < -0.3 is 9.30 Å². The summed E-state index contributed by atoms with van der Waals surface area (Å²) in [6.07, 6.45) is 2.83. The van der Waals surface area contributed by atoms with Crippen molar-refractivity contribution < 1.29 is 14.5 Å². The van der Waals surface area contributed by atoms with Gasteiger partial charge in [-0.1, -0.05) is 34.3 Å². The Balaban J connectivity index is 1.97. The van der Waals surface area contributed by atoms with Gasteiger partial charge in [0.1, 0.15) is 0 Å². The smallest absolute Gasteiger partial charge is 0.324 e. The van der Waals surface area contributed by atoms with Gasteiger partial charge in [-0.15, -0.1) is 0 Å². The number of nitrogens with zero attached hydrogens (tertiary/aromatic N) is 3. The molecule has 7 nitrogen and oxygen atoms in total. The normalized spacial score (nSPS) is 12.3. The summed E-state index contributed by atoms with van der Waals surface area (Å²) in [5.74, 6) is -0.447. The monoisotopic (exact) mass is 437 g/mol. The van der Waals surface area contributed by atoms with Crippen LogP contribution in [0.5, 0.6) is 0 Å². The summed E-state index contributed by atoms with van der Waals surface area (Å²) in [5.41, 5.74) is 1.85. The molecule has 0 saturated heterocycles. The lowest BCUT2D eigenvalue weighted by atomic mass is 10.2. The Morgan fingerprint density at radius 2 is 2.14 bits per heavy atom. The number of benzene rings is 1. The number of carbonyl (C=O) groups is 1.